The van der Waals surface area contributed by atoms with Gasteiger partial charge in [0.1, 0.15) is 10.8 Å². The molecule has 1 fully saturated rings. The minimum Gasteiger partial charge on any atom is -0.492 e. The van der Waals surface area contributed by atoms with Crippen molar-refractivity contribution in [1.29, 1.82) is 0 Å². The van der Waals surface area contributed by atoms with Gasteiger partial charge in [-0.1, -0.05) is 42.5 Å². The van der Waals surface area contributed by atoms with E-state index in [9.17, 15) is 4.79 Å². The van der Waals surface area contributed by atoms with Gasteiger partial charge in [0.05, 0.1) is 25.0 Å². The van der Waals surface area contributed by atoms with Gasteiger partial charge in [-0.05, 0) is 42.9 Å². The Kier molecular flexibility index (Phi) is 7.47. The van der Waals surface area contributed by atoms with Crippen molar-refractivity contribution in [3.8, 4) is 16.2 Å². The van der Waals surface area contributed by atoms with E-state index in [1.54, 1.807) is 0 Å². The van der Waals surface area contributed by atoms with Crippen LogP contribution < -0.4 is 15.0 Å². The van der Waals surface area contributed by atoms with Gasteiger partial charge in [0.15, 0.2) is 5.11 Å². The summed E-state index contributed by atoms with van der Waals surface area (Å²) in [7, 11) is 1.39. The number of esters is 1. The molecule has 0 aliphatic carbocycles. The second kappa shape index (κ2) is 10.7. The molecule has 6 nitrogen and oxygen atoms in total. The van der Waals surface area contributed by atoms with E-state index in [0.717, 1.165) is 48.1 Å². The molecular weight excluding hydrogens is 454 g/mol. The largest absolute Gasteiger partial charge is 0.492 e. The Morgan fingerprint density at radius 1 is 1.06 bits per heavy atom. The van der Waals surface area contributed by atoms with E-state index in [1.165, 1.54) is 18.4 Å². The highest BCUT2D eigenvalue weighted by Crippen LogP contribution is 2.36. The fourth-order valence-electron chi connectivity index (χ4n) is 3.81. The summed E-state index contributed by atoms with van der Waals surface area (Å²) in [5, 5.41) is 4.62. The summed E-state index contributed by atoms with van der Waals surface area (Å²) >= 11 is 7.21. The Morgan fingerprint density at radius 2 is 1.76 bits per heavy atom. The Bertz CT molecular complexity index is 1110. The zero-order valence-corrected chi connectivity index (χ0v) is 20.4. The van der Waals surface area contributed by atoms with E-state index >= 15 is 0 Å². The zero-order valence-electron chi connectivity index (χ0n) is 18.7. The van der Waals surface area contributed by atoms with Gasteiger partial charge in [0.25, 0.3) is 0 Å². The summed E-state index contributed by atoms with van der Waals surface area (Å²) in [6.07, 6.45) is 0. The molecule has 0 amide bonds. The SMILES string of the molecule is CCOc1ccccc1N1CCN(C(=S)Nc2sc(-c3ccccc3)cc2C(=O)OC)CC1. The Hall–Kier alpha value is -3.10. The number of para-hydroxylation sites is 2. The van der Waals surface area contributed by atoms with Crippen molar-refractivity contribution >= 4 is 45.3 Å². The zero-order chi connectivity index (χ0) is 23.2. The Balaban J connectivity index is 1.45. The van der Waals surface area contributed by atoms with E-state index in [1.807, 2.05) is 61.5 Å². The third-order valence-electron chi connectivity index (χ3n) is 5.49. The van der Waals surface area contributed by atoms with Crippen molar-refractivity contribution in [3.63, 3.8) is 0 Å². The van der Waals surface area contributed by atoms with E-state index in [2.05, 4.69) is 21.2 Å². The van der Waals surface area contributed by atoms with Crippen LogP contribution in [0.2, 0.25) is 0 Å². The predicted octanol–water partition coefficient (Wildman–Crippen LogP) is 5.12. The fraction of sp³-hybridized carbons (Fsp3) is 0.280. The first-order valence-corrected chi connectivity index (χ1v) is 12.1. The highest BCUT2D eigenvalue weighted by molar-refractivity contribution is 7.80. The summed E-state index contributed by atoms with van der Waals surface area (Å²) in [6.45, 7) is 5.84. The van der Waals surface area contributed by atoms with Crippen LogP contribution in [0.3, 0.4) is 0 Å². The third-order valence-corrected chi connectivity index (χ3v) is 6.95. The average Bonchev–Trinajstić information content (AvgIpc) is 3.28. The minimum absolute atomic E-state index is 0.379. The number of rotatable bonds is 6. The Morgan fingerprint density at radius 3 is 2.45 bits per heavy atom. The second-order valence-corrected chi connectivity index (χ2v) is 8.95. The summed E-state index contributed by atoms with van der Waals surface area (Å²) < 4.78 is 10.8. The number of thiocarbonyl (C=S) groups is 1. The lowest BCUT2D eigenvalue weighted by atomic mass is 10.1. The first-order chi connectivity index (χ1) is 16.1. The molecule has 0 unspecified atom stereocenters. The first kappa shape index (κ1) is 23.1. The molecule has 1 N–H and O–H groups in total. The smallest absolute Gasteiger partial charge is 0.340 e. The van der Waals surface area contributed by atoms with Crippen molar-refractivity contribution in [2.75, 3.05) is 50.1 Å². The summed E-state index contributed by atoms with van der Waals surface area (Å²) in [4.78, 5) is 17.8. The van der Waals surface area contributed by atoms with Crippen molar-refractivity contribution in [2.24, 2.45) is 0 Å². The van der Waals surface area contributed by atoms with Gasteiger partial charge in [-0.3, -0.25) is 0 Å². The third kappa shape index (κ3) is 5.29. The number of carbonyl (C=O) groups is 1. The van der Waals surface area contributed by atoms with Crippen LogP contribution in [0.15, 0.2) is 60.7 Å². The average molecular weight is 482 g/mol. The molecule has 1 aliphatic rings. The minimum atomic E-state index is -0.379. The molecule has 8 heteroatoms. The predicted molar refractivity (Wildman–Crippen MR) is 139 cm³/mol. The number of carbonyl (C=O) groups excluding carboxylic acids is 1. The van der Waals surface area contributed by atoms with Gasteiger partial charge in [-0.25, -0.2) is 4.79 Å². The van der Waals surface area contributed by atoms with Crippen LogP contribution in [-0.2, 0) is 4.74 Å². The number of nitrogens with zero attached hydrogens (tertiary/aromatic N) is 2. The van der Waals surface area contributed by atoms with Crippen molar-refractivity contribution < 1.29 is 14.3 Å². The number of piperazine rings is 1. The quantitative estimate of drug-likeness (QED) is 0.387. The van der Waals surface area contributed by atoms with Crippen LogP contribution in [-0.4, -0.2) is 55.9 Å². The van der Waals surface area contributed by atoms with Gasteiger partial charge in [-0.15, -0.1) is 11.3 Å². The lowest BCUT2D eigenvalue weighted by Gasteiger charge is -2.37. The number of anilines is 2. The number of benzene rings is 2. The molecule has 0 spiro atoms. The fourth-order valence-corrected chi connectivity index (χ4v) is 5.21. The molecule has 4 rings (SSSR count). The molecule has 2 aromatic carbocycles. The van der Waals surface area contributed by atoms with Gasteiger partial charge in [-0.2, -0.15) is 0 Å². The van der Waals surface area contributed by atoms with Gasteiger partial charge in [0.2, 0.25) is 0 Å². The molecule has 1 aromatic heterocycles. The second-order valence-electron chi connectivity index (χ2n) is 7.52. The van der Waals surface area contributed by atoms with Crippen LogP contribution in [0.25, 0.3) is 10.4 Å². The molecule has 2 heterocycles. The molecule has 33 heavy (non-hydrogen) atoms. The van der Waals surface area contributed by atoms with Crippen LogP contribution in [0, 0.1) is 0 Å². The van der Waals surface area contributed by atoms with E-state index in [-0.39, 0.29) is 5.97 Å². The van der Waals surface area contributed by atoms with Crippen LogP contribution >= 0.6 is 23.6 Å². The monoisotopic (exact) mass is 481 g/mol. The van der Waals surface area contributed by atoms with E-state index in [0.29, 0.717) is 22.3 Å². The van der Waals surface area contributed by atoms with Crippen molar-refractivity contribution in [3.05, 3.63) is 66.2 Å². The first-order valence-electron chi connectivity index (χ1n) is 10.9. The molecular formula is C25H27N3O3S2. The van der Waals surface area contributed by atoms with Crippen LogP contribution in [0.1, 0.15) is 17.3 Å². The van der Waals surface area contributed by atoms with Gasteiger partial charge >= 0.3 is 5.97 Å². The number of ether oxygens (including phenoxy) is 2. The maximum Gasteiger partial charge on any atom is 0.340 e. The lowest BCUT2D eigenvalue weighted by molar-refractivity contribution is 0.0602. The number of nitrogens with one attached hydrogen (secondary N) is 1. The molecule has 1 saturated heterocycles. The highest BCUT2D eigenvalue weighted by Gasteiger charge is 2.24. The number of methoxy groups -OCH3 is 1. The summed E-state index contributed by atoms with van der Waals surface area (Å²) in [5.41, 5.74) is 2.65. The van der Waals surface area contributed by atoms with Gasteiger partial charge in [0, 0.05) is 31.1 Å². The molecule has 0 saturated carbocycles. The highest BCUT2D eigenvalue weighted by atomic mass is 32.1. The molecule has 0 radical (unpaired) electrons. The molecule has 3 aromatic rings. The summed E-state index contributed by atoms with van der Waals surface area (Å²) in [6, 6.07) is 20.0. The van der Waals surface area contributed by atoms with Crippen LogP contribution in [0.4, 0.5) is 10.7 Å². The standard InChI is InChI=1S/C25H27N3O3S2/c1-3-31-21-12-8-7-11-20(21)27-13-15-28(16-14-27)25(32)26-23-19(24(29)30-2)17-22(33-23)18-9-5-4-6-10-18/h4-12,17H,3,13-16H2,1-2H3,(H,26,32). The number of hydrogen-bond donors (Lipinski definition) is 1. The molecule has 1 aliphatic heterocycles. The molecule has 172 valence electrons. The lowest BCUT2D eigenvalue weighted by Crippen LogP contribution is -2.50. The Labute approximate surface area is 203 Å². The number of hydrogen-bond acceptors (Lipinski definition) is 6. The van der Waals surface area contributed by atoms with E-state index in [4.69, 9.17) is 21.7 Å². The molecule has 0 bridgehead atoms. The maximum absolute atomic E-state index is 12.4. The van der Waals surface area contributed by atoms with Crippen molar-refractivity contribution in [1.82, 2.24) is 4.90 Å². The van der Waals surface area contributed by atoms with Crippen molar-refractivity contribution in [2.45, 2.75) is 6.92 Å². The maximum atomic E-state index is 12.4. The normalized spacial score (nSPS) is 13.5. The van der Waals surface area contributed by atoms with E-state index < -0.39 is 0 Å². The number of thiophene rings is 1. The molecule has 0 atom stereocenters. The van der Waals surface area contributed by atoms with Crippen LogP contribution in [0.5, 0.6) is 5.75 Å². The van der Waals surface area contributed by atoms with Gasteiger partial charge < -0.3 is 24.6 Å². The topological polar surface area (TPSA) is 54.0 Å². The summed E-state index contributed by atoms with van der Waals surface area (Å²) in [5.74, 6) is 0.528.